The van der Waals surface area contributed by atoms with Crippen molar-refractivity contribution in [1.29, 1.82) is 0 Å². The van der Waals surface area contributed by atoms with Gasteiger partial charge in [-0.3, -0.25) is 0 Å². The summed E-state index contributed by atoms with van der Waals surface area (Å²) in [6.45, 7) is 8.30. The van der Waals surface area contributed by atoms with Gasteiger partial charge >= 0.3 is 6.09 Å². The van der Waals surface area contributed by atoms with Gasteiger partial charge in [-0.15, -0.1) is 0 Å². The van der Waals surface area contributed by atoms with Crippen LogP contribution in [0.1, 0.15) is 46.1 Å². The van der Waals surface area contributed by atoms with E-state index < -0.39 is 35.0 Å². The highest BCUT2D eigenvalue weighted by Gasteiger charge is 2.41. The number of hydrogen-bond acceptors (Lipinski definition) is 3. The Morgan fingerprint density at radius 1 is 1.35 bits per heavy atom. The fraction of sp³-hybridized carbons (Fsp3) is 0.550. The molecule has 0 aliphatic carbocycles. The smallest absolute Gasteiger partial charge is 0.408 e. The van der Waals surface area contributed by atoms with Gasteiger partial charge in [-0.2, -0.15) is 0 Å². The maximum Gasteiger partial charge on any atom is 0.408 e. The predicted octanol–water partition coefficient (Wildman–Crippen LogP) is 4.19. The van der Waals surface area contributed by atoms with E-state index >= 15 is 0 Å². The van der Waals surface area contributed by atoms with Crippen molar-refractivity contribution in [2.75, 3.05) is 13.2 Å². The Balaban J connectivity index is 2.17. The predicted molar refractivity (Wildman–Crippen MR) is 95.3 cm³/mol. The molecule has 1 heterocycles. The van der Waals surface area contributed by atoms with E-state index in [1.54, 1.807) is 32.9 Å². The molecule has 26 heavy (non-hydrogen) atoms. The number of halogens is 2. The SMILES string of the molecule is CC(C)(C)OC(=O)NCC#C[C@@H]1c2cccc(F)c2OC[C@@H]1C(C)(C)F. The first-order chi connectivity index (χ1) is 12.0. The number of alkyl carbamates (subject to hydrolysis) is 1. The number of hydrogen-bond donors (Lipinski definition) is 1. The summed E-state index contributed by atoms with van der Waals surface area (Å²) in [5.41, 5.74) is -1.63. The second-order valence-corrected chi connectivity index (χ2v) is 7.79. The quantitative estimate of drug-likeness (QED) is 0.800. The number of para-hydroxylation sites is 1. The summed E-state index contributed by atoms with van der Waals surface area (Å²) in [6, 6.07) is 4.55. The Kier molecular flexibility index (Phi) is 5.80. The van der Waals surface area contributed by atoms with Crippen molar-refractivity contribution in [3.8, 4) is 17.6 Å². The van der Waals surface area contributed by atoms with Gasteiger partial charge in [0.2, 0.25) is 0 Å². The standard InChI is InChI=1S/C20H25F2NO3/c1-19(2,3)26-18(24)23-11-7-9-13-14-8-6-10-16(21)17(14)25-12-15(13)20(4,5)22/h6,8,10,13,15H,11-12H2,1-5H3,(H,23,24)/t13-,15+/m1/s1. The van der Waals surface area contributed by atoms with Crippen molar-refractivity contribution in [3.05, 3.63) is 29.6 Å². The third-order valence-electron chi connectivity index (χ3n) is 4.00. The molecule has 0 saturated heterocycles. The zero-order valence-electron chi connectivity index (χ0n) is 15.8. The summed E-state index contributed by atoms with van der Waals surface area (Å²) in [5, 5.41) is 2.53. The van der Waals surface area contributed by atoms with Gasteiger partial charge in [0, 0.05) is 11.5 Å². The Morgan fingerprint density at radius 2 is 2.04 bits per heavy atom. The molecule has 1 amide bonds. The third kappa shape index (κ3) is 5.10. The van der Waals surface area contributed by atoms with Crippen LogP contribution in [0.2, 0.25) is 0 Å². The highest BCUT2D eigenvalue weighted by Crippen LogP contribution is 2.43. The Labute approximate surface area is 153 Å². The molecule has 1 aliphatic heterocycles. The summed E-state index contributed by atoms with van der Waals surface area (Å²) < 4.78 is 39.2. The molecule has 0 fully saturated rings. The Morgan fingerprint density at radius 3 is 2.65 bits per heavy atom. The molecule has 1 N–H and O–H groups in total. The number of carbonyl (C=O) groups is 1. The zero-order valence-corrected chi connectivity index (χ0v) is 15.8. The lowest BCUT2D eigenvalue weighted by molar-refractivity contribution is 0.0532. The molecule has 6 heteroatoms. The van der Waals surface area contributed by atoms with Gasteiger partial charge in [-0.05, 0) is 40.7 Å². The zero-order chi connectivity index (χ0) is 19.5. The molecule has 2 atom stereocenters. The molecule has 1 aromatic carbocycles. The Hall–Kier alpha value is -2.29. The summed E-state index contributed by atoms with van der Waals surface area (Å²) in [6.07, 6.45) is -0.576. The van der Waals surface area contributed by atoms with Crippen LogP contribution in [0.5, 0.6) is 5.75 Å². The van der Waals surface area contributed by atoms with E-state index in [2.05, 4.69) is 17.2 Å². The van der Waals surface area contributed by atoms with Gasteiger partial charge in [-0.25, -0.2) is 13.6 Å². The molecule has 0 saturated carbocycles. The van der Waals surface area contributed by atoms with Gasteiger partial charge in [0.15, 0.2) is 11.6 Å². The molecular weight excluding hydrogens is 340 g/mol. The summed E-state index contributed by atoms with van der Waals surface area (Å²) in [4.78, 5) is 11.6. The topological polar surface area (TPSA) is 47.6 Å². The van der Waals surface area contributed by atoms with Crippen molar-refractivity contribution in [3.63, 3.8) is 0 Å². The van der Waals surface area contributed by atoms with Crippen LogP contribution in [0.25, 0.3) is 0 Å². The second-order valence-electron chi connectivity index (χ2n) is 7.79. The molecule has 1 aliphatic rings. The van der Waals surface area contributed by atoms with Crippen LogP contribution in [0, 0.1) is 23.6 Å². The van der Waals surface area contributed by atoms with Crippen LogP contribution in [0.15, 0.2) is 18.2 Å². The number of fused-ring (bicyclic) bond motifs is 1. The van der Waals surface area contributed by atoms with Crippen molar-refractivity contribution >= 4 is 6.09 Å². The molecule has 0 spiro atoms. The first kappa shape index (κ1) is 20.0. The van der Waals surface area contributed by atoms with E-state index in [1.165, 1.54) is 19.9 Å². The lowest BCUT2D eigenvalue weighted by Gasteiger charge is -2.36. The van der Waals surface area contributed by atoms with Crippen LogP contribution in [0.3, 0.4) is 0 Å². The van der Waals surface area contributed by atoms with Crippen LogP contribution >= 0.6 is 0 Å². The van der Waals surface area contributed by atoms with Crippen molar-refractivity contribution in [1.82, 2.24) is 5.32 Å². The fourth-order valence-corrected chi connectivity index (χ4v) is 2.77. The highest BCUT2D eigenvalue weighted by atomic mass is 19.1. The lowest BCUT2D eigenvalue weighted by Crippen LogP contribution is -2.39. The minimum atomic E-state index is -1.55. The molecule has 0 unspecified atom stereocenters. The molecule has 2 rings (SSSR count). The normalized spacial score (nSPS) is 19.5. The van der Waals surface area contributed by atoms with Crippen LogP contribution in [0.4, 0.5) is 13.6 Å². The molecule has 4 nitrogen and oxygen atoms in total. The number of carbonyl (C=O) groups excluding carboxylic acids is 1. The first-order valence-electron chi connectivity index (χ1n) is 8.54. The van der Waals surface area contributed by atoms with E-state index in [9.17, 15) is 13.6 Å². The van der Waals surface area contributed by atoms with Crippen molar-refractivity contribution in [2.45, 2.75) is 51.8 Å². The fourth-order valence-electron chi connectivity index (χ4n) is 2.77. The van der Waals surface area contributed by atoms with E-state index in [-0.39, 0.29) is 18.9 Å². The minimum Gasteiger partial charge on any atom is -0.490 e. The van der Waals surface area contributed by atoms with Crippen LogP contribution in [-0.2, 0) is 4.74 Å². The number of nitrogens with one attached hydrogen (secondary N) is 1. The molecule has 142 valence electrons. The third-order valence-corrected chi connectivity index (χ3v) is 4.00. The van der Waals surface area contributed by atoms with E-state index in [0.717, 1.165) is 0 Å². The van der Waals surface area contributed by atoms with Gasteiger partial charge in [0.05, 0.1) is 19.1 Å². The first-order valence-corrected chi connectivity index (χ1v) is 8.54. The average molecular weight is 365 g/mol. The number of ether oxygens (including phenoxy) is 2. The van der Waals surface area contributed by atoms with Crippen LogP contribution < -0.4 is 10.1 Å². The van der Waals surface area contributed by atoms with Crippen molar-refractivity contribution in [2.24, 2.45) is 5.92 Å². The highest BCUT2D eigenvalue weighted by molar-refractivity contribution is 5.68. The minimum absolute atomic E-state index is 0.0380. The molecule has 0 aromatic heterocycles. The molecule has 0 bridgehead atoms. The van der Waals surface area contributed by atoms with Crippen LogP contribution in [-0.4, -0.2) is 30.5 Å². The maximum atomic E-state index is 14.6. The summed E-state index contributed by atoms with van der Waals surface area (Å²) >= 11 is 0. The van der Waals surface area contributed by atoms with Crippen molar-refractivity contribution < 1.29 is 23.0 Å². The maximum absolute atomic E-state index is 14.6. The lowest BCUT2D eigenvalue weighted by atomic mass is 9.76. The van der Waals surface area contributed by atoms with Gasteiger partial charge in [0.25, 0.3) is 0 Å². The van der Waals surface area contributed by atoms with E-state index in [1.807, 2.05) is 0 Å². The Bertz CT molecular complexity index is 723. The molecule has 0 radical (unpaired) electrons. The van der Waals surface area contributed by atoms with Gasteiger partial charge < -0.3 is 14.8 Å². The molecule has 1 aromatic rings. The number of rotatable bonds is 2. The largest absolute Gasteiger partial charge is 0.490 e. The number of alkyl halides is 1. The van der Waals surface area contributed by atoms with Gasteiger partial charge in [-0.1, -0.05) is 24.0 Å². The van der Waals surface area contributed by atoms with Gasteiger partial charge in [0.1, 0.15) is 11.3 Å². The summed E-state index contributed by atoms with van der Waals surface area (Å²) in [7, 11) is 0. The van der Waals surface area contributed by atoms with E-state index in [4.69, 9.17) is 9.47 Å². The number of benzene rings is 1. The monoisotopic (exact) mass is 365 g/mol. The number of amides is 1. The summed E-state index contributed by atoms with van der Waals surface area (Å²) in [5.74, 6) is 4.35. The average Bonchev–Trinajstić information content (AvgIpc) is 2.49. The van der Waals surface area contributed by atoms with E-state index in [0.29, 0.717) is 5.56 Å². The molecular formula is C20H25F2NO3. The second kappa shape index (κ2) is 7.53.